The molecule has 0 amide bonds. The van der Waals surface area contributed by atoms with E-state index in [0.717, 1.165) is 44.3 Å². The number of hydrogen-bond donors (Lipinski definition) is 2. The molecular weight excluding hydrogens is 409 g/mol. The van der Waals surface area contributed by atoms with Crippen LogP contribution in [0.2, 0.25) is 0 Å². The van der Waals surface area contributed by atoms with Crippen molar-refractivity contribution in [3.8, 4) is 0 Å². The Labute approximate surface area is 156 Å². The number of aliphatic imine (C=N–C) groups is 1. The van der Waals surface area contributed by atoms with Crippen molar-refractivity contribution in [3.63, 3.8) is 0 Å². The molecule has 1 heterocycles. The van der Waals surface area contributed by atoms with Gasteiger partial charge in [0.15, 0.2) is 5.96 Å². The molecule has 128 valence electrons. The molecule has 0 aliphatic rings. The first-order valence-corrected chi connectivity index (χ1v) is 9.08. The van der Waals surface area contributed by atoms with Crippen LogP contribution in [0.25, 0.3) is 0 Å². The standard InChI is InChI=1S/C15H29N5S.HI/c1-14-17-10-12-20(14)11-6-4-8-18-15(16-2)19-9-5-7-13-21-3;/h10,12H,4-9,11,13H2,1-3H3,(H2,16,18,19);1H. The monoisotopic (exact) mass is 439 g/mol. The highest BCUT2D eigenvalue weighted by molar-refractivity contribution is 14.0. The molecule has 0 radical (unpaired) electrons. The number of rotatable bonds is 10. The number of unbranched alkanes of at least 4 members (excludes halogenated alkanes) is 2. The van der Waals surface area contributed by atoms with Crippen molar-refractivity contribution in [2.45, 2.75) is 39.2 Å². The second-order valence-corrected chi connectivity index (χ2v) is 5.99. The van der Waals surface area contributed by atoms with Crippen LogP contribution in [0.15, 0.2) is 17.4 Å². The number of hydrogen-bond acceptors (Lipinski definition) is 3. The summed E-state index contributed by atoms with van der Waals surface area (Å²) in [5.41, 5.74) is 0. The number of halogens is 1. The van der Waals surface area contributed by atoms with Gasteiger partial charge in [-0.25, -0.2) is 4.98 Å². The molecule has 0 unspecified atom stereocenters. The lowest BCUT2D eigenvalue weighted by Gasteiger charge is -2.12. The maximum atomic E-state index is 4.24. The van der Waals surface area contributed by atoms with E-state index in [1.165, 1.54) is 18.6 Å². The summed E-state index contributed by atoms with van der Waals surface area (Å²) in [5.74, 6) is 3.24. The first-order chi connectivity index (χ1) is 10.3. The average molecular weight is 439 g/mol. The summed E-state index contributed by atoms with van der Waals surface area (Å²) in [5, 5.41) is 6.72. The Bertz CT molecular complexity index is 408. The Morgan fingerprint density at radius 1 is 1.23 bits per heavy atom. The third-order valence-corrected chi connectivity index (χ3v) is 4.03. The van der Waals surface area contributed by atoms with Crippen LogP contribution >= 0.6 is 35.7 Å². The fraction of sp³-hybridized carbons (Fsp3) is 0.733. The number of nitrogens with one attached hydrogen (secondary N) is 2. The van der Waals surface area contributed by atoms with Gasteiger partial charge in [0, 0.05) is 39.1 Å². The Morgan fingerprint density at radius 3 is 2.45 bits per heavy atom. The van der Waals surface area contributed by atoms with Gasteiger partial charge in [-0.05, 0) is 44.6 Å². The molecule has 0 bridgehead atoms. The van der Waals surface area contributed by atoms with Crippen LogP contribution in [0.4, 0.5) is 0 Å². The molecule has 0 aliphatic carbocycles. The molecule has 0 atom stereocenters. The number of imidazole rings is 1. The quantitative estimate of drug-likeness (QED) is 0.255. The molecule has 5 nitrogen and oxygen atoms in total. The summed E-state index contributed by atoms with van der Waals surface area (Å²) in [7, 11) is 1.83. The van der Waals surface area contributed by atoms with Crippen LogP contribution < -0.4 is 10.6 Å². The van der Waals surface area contributed by atoms with Crippen LogP contribution in [0, 0.1) is 6.92 Å². The lowest BCUT2D eigenvalue weighted by molar-refractivity contribution is 0.587. The number of aromatic nitrogens is 2. The van der Waals surface area contributed by atoms with E-state index in [-0.39, 0.29) is 24.0 Å². The molecular formula is C15H30IN5S. The maximum Gasteiger partial charge on any atom is 0.190 e. The summed E-state index contributed by atoms with van der Waals surface area (Å²) in [4.78, 5) is 8.47. The number of thioether (sulfide) groups is 1. The third-order valence-electron chi connectivity index (χ3n) is 3.33. The molecule has 1 rings (SSSR count). The normalized spacial score (nSPS) is 11.1. The van der Waals surface area contributed by atoms with Gasteiger partial charge in [-0.3, -0.25) is 4.99 Å². The van der Waals surface area contributed by atoms with Crippen LogP contribution in [0.5, 0.6) is 0 Å². The fourth-order valence-electron chi connectivity index (χ4n) is 2.05. The molecule has 0 saturated heterocycles. The second kappa shape index (κ2) is 14.2. The molecule has 0 fully saturated rings. The largest absolute Gasteiger partial charge is 0.356 e. The van der Waals surface area contributed by atoms with E-state index >= 15 is 0 Å². The van der Waals surface area contributed by atoms with E-state index in [1.54, 1.807) is 0 Å². The minimum absolute atomic E-state index is 0. The third kappa shape index (κ3) is 9.55. The van der Waals surface area contributed by atoms with Crippen molar-refractivity contribution in [3.05, 3.63) is 18.2 Å². The van der Waals surface area contributed by atoms with E-state index in [2.05, 4.69) is 31.4 Å². The van der Waals surface area contributed by atoms with Crippen LogP contribution in [-0.2, 0) is 6.54 Å². The van der Waals surface area contributed by atoms with Gasteiger partial charge in [0.25, 0.3) is 0 Å². The smallest absolute Gasteiger partial charge is 0.190 e. The first-order valence-electron chi connectivity index (χ1n) is 7.69. The van der Waals surface area contributed by atoms with E-state index in [1.807, 2.05) is 38.1 Å². The van der Waals surface area contributed by atoms with Crippen molar-refractivity contribution in [1.82, 2.24) is 20.2 Å². The zero-order valence-corrected chi connectivity index (χ0v) is 17.1. The predicted octanol–water partition coefficient (Wildman–Crippen LogP) is 2.90. The van der Waals surface area contributed by atoms with Gasteiger partial charge in [-0.1, -0.05) is 0 Å². The van der Waals surface area contributed by atoms with E-state index < -0.39 is 0 Å². The Hall–Kier alpha value is -0.440. The molecule has 0 aliphatic heterocycles. The highest BCUT2D eigenvalue weighted by atomic mass is 127. The van der Waals surface area contributed by atoms with Gasteiger partial charge < -0.3 is 15.2 Å². The highest BCUT2D eigenvalue weighted by Gasteiger charge is 1.98. The van der Waals surface area contributed by atoms with Crippen LogP contribution in [0.1, 0.15) is 31.5 Å². The lowest BCUT2D eigenvalue weighted by Crippen LogP contribution is -2.38. The minimum atomic E-state index is 0. The van der Waals surface area contributed by atoms with Crippen molar-refractivity contribution < 1.29 is 0 Å². The van der Waals surface area contributed by atoms with Gasteiger partial charge in [0.2, 0.25) is 0 Å². The van der Waals surface area contributed by atoms with E-state index in [9.17, 15) is 0 Å². The van der Waals surface area contributed by atoms with Crippen molar-refractivity contribution in [2.75, 3.05) is 32.1 Å². The summed E-state index contributed by atoms with van der Waals surface area (Å²) < 4.78 is 2.19. The van der Waals surface area contributed by atoms with Gasteiger partial charge >= 0.3 is 0 Å². The summed E-state index contributed by atoms with van der Waals surface area (Å²) in [6.07, 6.45) is 10.8. The summed E-state index contributed by atoms with van der Waals surface area (Å²) >= 11 is 1.91. The Morgan fingerprint density at radius 2 is 1.91 bits per heavy atom. The second-order valence-electron chi connectivity index (χ2n) is 5.00. The van der Waals surface area contributed by atoms with E-state index in [0.29, 0.717) is 0 Å². The zero-order chi connectivity index (χ0) is 15.3. The Kier molecular flexibility index (Phi) is 13.9. The minimum Gasteiger partial charge on any atom is -0.356 e. The molecule has 2 N–H and O–H groups in total. The molecule has 0 saturated carbocycles. The van der Waals surface area contributed by atoms with Gasteiger partial charge in [0.05, 0.1) is 0 Å². The van der Waals surface area contributed by atoms with Gasteiger partial charge in [-0.15, -0.1) is 24.0 Å². The highest BCUT2D eigenvalue weighted by Crippen LogP contribution is 1.99. The molecule has 0 spiro atoms. The molecule has 22 heavy (non-hydrogen) atoms. The molecule has 1 aromatic rings. The average Bonchev–Trinajstić information content (AvgIpc) is 2.90. The van der Waals surface area contributed by atoms with Crippen molar-refractivity contribution in [1.29, 1.82) is 0 Å². The van der Waals surface area contributed by atoms with Crippen LogP contribution in [0.3, 0.4) is 0 Å². The van der Waals surface area contributed by atoms with Crippen molar-refractivity contribution in [2.24, 2.45) is 4.99 Å². The molecule has 1 aromatic heterocycles. The molecule has 0 aromatic carbocycles. The fourth-order valence-corrected chi connectivity index (χ4v) is 2.55. The zero-order valence-electron chi connectivity index (χ0n) is 14.0. The van der Waals surface area contributed by atoms with Crippen molar-refractivity contribution >= 4 is 41.7 Å². The first kappa shape index (κ1) is 21.6. The maximum absolute atomic E-state index is 4.24. The van der Waals surface area contributed by atoms with Gasteiger partial charge in [0.1, 0.15) is 5.82 Å². The van der Waals surface area contributed by atoms with Gasteiger partial charge in [-0.2, -0.15) is 11.8 Å². The predicted molar refractivity (Wildman–Crippen MR) is 109 cm³/mol. The number of nitrogens with zero attached hydrogens (tertiary/aromatic N) is 3. The summed E-state index contributed by atoms with van der Waals surface area (Å²) in [6, 6.07) is 0. The molecule has 7 heteroatoms. The number of guanidine groups is 1. The lowest BCUT2D eigenvalue weighted by atomic mass is 10.3. The Balaban J connectivity index is 0.00000441. The van der Waals surface area contributed by atoms with Crippen LogP contribution in [-0.4, -0.2) is 47.7 Å². The topological polar surface area (TPSA) is 54.2 Å². The van der Waals surface area contributed by atoms with E-state index in [4.69, 9.17) is 0 Å². The number of aryl methyl sites for hydroxylation is 2. The SMILES string of the molecule is CN=C(NCCCCSC)NCCCCn1ccnc1C.I. The summed E-state index contributed by atoms with van der Waals surface area (Å²) in [6.45, 7) is 5.03.